The molecule has 6 aromatic carbocycles. The fourth-order valence-corrected chi connectivity index (χ4v) is 6.86. The summed E-state index contributed by atoms with van der Waals surface area (Å²) in [6.45, 7) is 0. The lowest BCUT2D eigenvalue weighted by molar-refractivity contribution is 0.726. The van der Waals surface area contributed by atoms with Crippen molar-refractivity contribution in [2.24, 2.45) is 0 Å². The summed E-state index contributed by atoms with van der Waals surface area (Å²) in [4.78, 5) is 3.75. The highest BCUT2D eigenvalue weighted by Gasteiger charge is 2.24. The Labute approximate surface area is 247 Å². The SMILES string of the molecule is c1ccc(-c2[nH]c3ccc(-c4ccc5c(c4)-c4ccccc4CCC5c4ccccc4)cc3c2-c2ccccc2)cc1. The normalized spacial score (nSPS) is 14.2. The third-order valence-electron chi connectivity index (χ3n) is 8.90. The van der Waals surface area contributed by atoms with Gasteiger partial charge in [0, 0.05) is 22.4 Å². The summed E-state index contributed by atoms with van der Waals surface area (Å²) in [7, 11) is 0. The number of H-pyrrole nitrogens is 1. The molecular formula is C41H31N. The second kappa shape index (κ2) is 10.4. The van der Waals surface area contributed by atoms with Gasteiger partial charge in [-0.1, -0.05) is 133 Å². The lowest BCUT2D eigenvalue weighted by Crippen LogP contribution is -2.02. The first kappa shape index (κ1) is 24.6. The van der Waals surface area contributed by atoms with Gasteiger partial charge in [-0.05, 0) is 81.1 Å². The van der Waals surface area contributed by atoms with E-state index in [2.05, 4.69) is 157 Å². The van der Waals surface area contributed by atoms with Crippen LogP contribution in [0.1, 0.15) is 29.0 Å². The zero-order chi connectivity index (χ0) is 27.9. The van der Waals surface area contributed by atoms with Gasteiger partial charge < -0.3 is 4.98 Å². The molecule has 0 amide bonds. The smallest absolute Gasteiger partial charge is 0.0544 e. The Bertz CT molecular complexity index is 2020. The number of hydrogen-bond donors (Lipinski definition) is 1. The summed E-state index contributed by atoms with van der Waals surface area (Å²) < 4.78 is 0. The molecule has 1 heterocycles. The van der Waals surface area contributed by atoms with Crippen LogP contribution >= 0.6 is 0 Å². The number of nitrogens with one attached hydrogen (secondary N) is 1. The molecule has 1 nitrogen and oxygen atoms in total. The van der Waals surface area contributed by atoms with E-state index in [1.54, 1.807) is 0 Å². The molecule has 1 unspecified atom stereocenters. The van der Waals surface area contributed by atoms with Crippen molar-refractivity contribution in [2.75, 3.05) is 0 Å². The summed E-state index contributed by atoms with van der Waals surface area (Å²) in [5.74, 6) is 0.382. The van der Waals surface area contributed by atoms with Crippen LogP contribution in [0.25, 0.3) is 55.5 Å². The Morgan fingerprint density at radius 1 is 0.500 bits per heavy atom. The van der Waals surface area contributed by atoms with Crippen molar-refractivity contribution in [3.8, 4) is 44.6 Å². The van der Waals surface area contributed by atoms with Gasteiger partial charge in [0.2, 0.25) is 0 Å². The van der Waals surface area contributed by atoms with Crippen LogP contribution in [0.15, 0.2) is 152 Å². The molecule has 0 fully saturated rings. The molecule has 8 rings (SSSR count). The minimum Gasteiger partial charge on any atom is -0.354 e. The van der Waals surface area contributed by atoms with Gasteiger partial charge in [-0.2, -0.15) is 0 Å². The van der Waals surface area contributed by atoms with Crippen LogP contribution in [-0.4, -0.2) is 4.98 Å². The maximum absolute atomic E-state index is 3.75. The molecule has 1 aliphatic carbocycles. The summed E-state index contributed by atoms with van der Waals surface area (Å²) in [5, 5.41) is 1.25. The molecule has 1 N–H and O–H groups in total. The van der Waals surface area contributed by atoms with Crippen molar-refractivity contribution in [3.05, 3.63) is 168 Å². The zero-order valence-electron chi connectivity index (χ0n) is 23.4. The first-order chi connectivity index (χ1) is 20.8. The lowest BCUT2D eigenvalue weighted by Gasteiger charge is -2.19. The Morgan fingerprint density at radius 3 is 1.93 bits per heavy atom. The van der Waals surface area contributed by atoms with E-state index in [1.165, 1.54) is 61.0 Å². The third-order valence-corrected chi connectivity index (χ3v) is 8.90. The van der Waals surface area contributed by atoms with Gasteiger partial charge in [0.05, 0.1) is 5.69 Å². The van der Waals surface area contributed by atoms with Crippen LogP contribution in [-0.2, 0) is 6.42 Å². The van der Waals surface area contributed by atoms with Crippen LogP contribution in [0, 0.1) is 0 Å². The number of benzene rings is 6. The average Bonchev–Trinajstić information content (AvgIpc) is 3.37. The van der Waals surface area contributed by atoms with E-state index < -0.39 is 0 Å². The van der Waals surface area contributed by atoms with Crippen LogP contribution in [0.4, 0.5) is 0 Å². The van der Waals surface area contributed by atoms with Crippen molar-refractivity contribution in [2.45, 2.75) is 18.8 Å². The van der Waals surface area contributed by atoms with E-state index in [-0.39, 0.29) is 0 Å². The first-order valence-electron chi connectivity index (χ1n) is 14.9. The topological polar surface area (TPSA) is 15.8 Å². The highest BCUT2D eigenvalue weighted by atomic mass is 14.7. The largest absolute Gasteiger partial charge is 0.354 e. The second-order valence-electron chi connectivity index (χ2n) is 11.3. The van der Waals surface area contributed by atoms with E-state index >= 15 is 0 Å². The van der Waals surface area contributed by atoms with Crippen LogP contribution < -0.4 is 0 Å². The number of hydrogen-bond acceptors (Lipinski definition) is 0. The molecule has 0 saturated heterocycles. The van der Waals surface area contributed by atoms with Gasteiger partial charge in [-0.3, -0.25) is 0 Å². The maximum Gasteiger partial charge on any atom is 0.0544 e. The minimum absolute atomic E-state index is 0.382. The van der Waals surface area contributed by atoms with Crippen LogP contribution in [0.5, 0.6) is 0 Å². The van der Waals surface area contributed by atoms with Crippen LogP contribution in [0.3, 0.4) is 0 Å². The van der Waals surface area contributed by atoms with Gasteiger partial charge in [0.15, 0.2) is 0 Å². The molecule has 0 saturated carbocycles. The number of rotatable bonds is 4. The fourth-order valence-electron chi connectivity index (χ4n) is 6.86. The number of aromatic amines is 1. The molecule has 7 aromatic rings. The van der Waals surface area contributed by atoms with E-state index in [1.807, 2.05) is 0 Å². The molecule has 0 bridgehead atoms. The Kier molecular flexibility index (Phi) is 6.08. The van der Waals surface area contributed by atoms with Gasteiger partial charge in [-0.25, -0.2) is 0 Å². The number of aryl methyl sites for hydroxylation is 1. The van der Waals surface area contributed by atoms with Crippen LogP contribution in [0.2, 0.25) is 0 Å². The molecular weight excluding hydrogens is 506 g/mol. The molecule has 0 spiro atoms. The quantitative estimate of drug-likeness (QED) is 0.230. The van der Waals surface area contributed by atoms with Crippen molar-refractivity contribution < 1.29 is 0 Å². The van der Waals surface area contributed by atoms with Crippen molar-refractivity contribution >= 4 is 10.9 Å². The predicted octanol–water partition coefficient (Wildman–Crippen LogP) is 10.9. The van der Waals surface area contributed by atoms with Crippen molar-refractivity contribution in [1.82, 2.24) is 4.98 Å². The molecule has 1 atom stereocenters. The van der Waals surface area contributed by atoms with E-state index in [0.29, 0.717) is 5.92 Å². The minimum atomic E-state index is 0.382. The molecule has 200 valence electrons. The molecule has 1 heteroatoms. The summed E-state index contributed by atoms with van der Waals surface area (Å²) in [5.41, 5.74) is 15.5. The van der Waals surface area contributed by atoms with E-state index in [4.69, 9.17) is 0 Å². The van der Waals surface area contributed by atoms with Gasteiger partial charge >= 0.3 is 0 Å². The van der Waals surface area contributed by atoms with E-state index in [0.717, 1.165) is 24.1 Å². The highest BCUT2D eigenvalue weighted by molar-refractivity contribution is 6.05. The standard InChI is InChI=1S/C41H31N/c1-4-12-28(13-5-1)35-23-20-29-14-10-11-19-34(29)37-26-32(21-24-36(35)37)33-22-25-39-38(27-33)40(30-15-6-2-7-16-30)41(42-39)31-17-8-3-9-18-31/h1-19,21-22,24-27,35,42H,20,23H2. The van der Waals surface area contributed by atoms with Crippen molar-refractivity contribution in [3.63, 3.8) is 0 Å². The number of fused-ring (bicyclic) bond motifs is 4. The molecule has 1 aromatic heterocycles. The second-order valence-corrected chi connectivity index (χ2v) is 11.3. The average molecular weight is 538 g/mol. The van der Waals surface area contributed by atoms with E-state index in [9.17, 15) is 0 Å². The Morgan fingerprint density at radius 2 is 1.14 bits per heavy atom. The maximum atomic E-state index is 3.75. The first-order valence-corrected chi connectivity index (χ1v) is 14.9. The number of aromatic nitrogens is 1. The summed E-state index contributed by atoms with van der Waals surface area (Å²) in [6.07, 6.45) is 2.20. The highest BCUT2D eigenvalue weighted by Crippen LogP contribution is 2.44. The Balaban J connectivity index is 1.32. The summed E-state index contributed by atoms with van der Waals surface area (Å²) in [6, 6.07) is 55.5. The zero-order valence-corrected chi connectivity index (χ0v) is 23.4. The summed E-state index contributed by atoms with van der Waals surface area (Å²) >= 11 is 0. The lowest BCUT2D eigenvalue weighted by atomic mass is 9.84. The third kappa shape index (κ3) is 4.26. The van der Waals surface area contributed by atoms with Gasteiger partial charge in [-0.15, -0.1) is 0 Å². The van der Waals surface area contributed by atoms with Gasteiger partial charge in [0.1, 0.15) is 0 Å². The predicted molar refractivity (Wildman–Crippen MR) is 177 cm³/mol. The molecule has 42 heavy (non-hydrogen) atoms. The molecule has 0 radical (unpaired) electrons. The monoisotopic (exact) mass is 537 g/mol. The van der Waals surface area contributed by atoms with Crippen molar-refractivity contribution in [1.29, 1.82) is 0 Å². The molecule has 0 aliphatic heterocycles. The van der Waals surface area contributed by atoms with Gasteiger partial charge in [0.25, 0.3) is 0 Å². The fraction of sp³-hybridized carbons (Fsp3) is 0.0732. The Hall–Kier alpha value is -5.14. The molecule has 1 aliphatic rings.